The van der Waals surface area contributed by atoms with E-state index in [0.29, 0.717) is 13.1 Å². The maximum Gasteiger partial charge on any atom is 0.318 e. The summed E-state index contributed by atoms with van der Waals surface area (Å²) in [6.07, 6.45) is 0.828. The van der Waals surface area contributed by atoms with Gasteiger partial charge >= 0.3 is 5.97 Å². The Morgan fingerprint density at radius 3 is 2.00 bits per heavy atom. The van der Waals surface area contributed by atoms with Crippen LogP contribution in [0.2, 0.25) is 0 Å². The van der Waals surface area contributed by atoms with E-state index in [0.717, 1.165) is 13.0 Å². The molecule has 0 rings (SSSR count). The number of nitrogens with zero attached hydrogens (tertiary/aromatic N) is 2. The molecule has 0 fully saturated rings. The molecule has 0 unspecified atom stereocenters. The molecular formula is C12H24N2O3. The number of carbonyl (C=O) groups excluding carboxylic acids is 1. The van der Waals surface area contributed by atoms with Crippen LogP contribution in [0.3, 0.4) is 0 Å². The van der Waals surface area contributed by atoms with E-state index in [4.69, 9.17) is 5.11 Å². The number of aliphatic carboxylic acids is 1. The zero-order valence-electron chi connectivity index (χ0n) is 11.5. The Bertz CT molecular complexity index is 275. The van der Waals surface area contributed by atoms with E-state index < -0.39 is 11.4 Å². The lowest BCUT2D eigenvalue weighted by Gasteiger charge is -2.30. The number of rotatable bonds is 7. The van der Waals surface area contributed by atoms with E-state index >= 15 is 0 Å². The summed E-state index contributed by atoms with van der Waals surface area (Å²) >= 11 is 0. The van der Waals surface area contributed by atoms with Gasteiger partial charge in [-0.25, -0.2) is 0 Å². The summed E-state index contributed by atoms with van der Waals surface area (Å²) in [5.74, 6) is -1.39. The highest BCUT2D eigenvalue weighted by Gasteiger charge is 2.38. The van der Waals surface area contributed by atoms with Crippen LogP contribution in [-0.2, 0) is 9.59 Å². The maximum absolute atomic E-state index is 12.1. The van der Waals surface area contributed by atoms with Crippen molar-refractivity contribution in [2.24, 2.45) is 5.41 Å². The number of amides is 1. The van der Waals surface area contributed by atoms with E-state index in [9.17, 15) is 9.59 Å². The maximum atomic E-state index is 12.1. The molecule has 0 saturated carbocycles. The molecule has 0 aliphatic heterocycles. The van der Waals surface area contributed by atoms with Gasteiger partial charge < -0.3 is 14.9 Å². The summed E-state index contributed by atoms with van der Waals surface area (Å²) in [6.45, 7) is 6.79. The predicted molar refractivity (Wildman–Crippen MR) is 66.8 cm³/mol. The van der Waals surface area contributed by atoms with Crippen molar-refractivity contribution in [3.05, 3.63) is 0 Å². The summed E-state index contributed by atoms with van der Waals surface area (Å²) < 4.78 is 0. The van der Waals surface area contributed by atoms with Crippen molar-refractivity contribution in [2.45, 2.75) is 27.2 Å². The van der Waals surface area contributed by atoms with E-state index in [1.807, 2.05) is 25.9 Å². The zero-order valence-corrected chi connectivity index (χ0v) is 11.5. The molecule has 0 aliphatic carbocycles. The smallest absolute Gasteiger partial charge is 0.318 e. The van der Waals surface area contributed by atoms with Gasteiger partial charge in [0.05, 0.1) is 0 Å². The van der Waals surface area contributed by atoms with Gasteiger partial charge in [-0.3, -0.25) is 9.59 Å². The number of carbonyl (C=O) groups is 2. The van der Waals surface area contributed by atoms with Gasteiger partial charge in [-0.05, 0) is 34.4 Å². The lowest BCUT2D eigenvalue weighted by molar-refractivity contribution is -0.158. The fourth-order valence-electron chi connectivity index (χ4n) is 1.39. The van der Waals surface area contributed by atoms with Crippen molar-refractivity contribution in [1.82, 2.24) is 9.80 Å². The molecular weight excluding hydrogens is 220 g/mol. The highest BCUT2D eigenvalue weighted by molar-refractivity contribution is 6.00. The lowest BCUT2D eigenvalue weighted by atomic mass is 9.91. The first-order valence-electron chi connectivity index (χ1n) is 5.91. The van der Waals surface area contributed by atoms with Crippen molar-refractivity contribution in [2.75, 3.05) is 33.7 Å². The average molecular weight is 244 g/mol. The summed E-state index contributed by atoms with van der Waals surface area (Å²) in [7, 11) is 3.86. The van der Waals surface area contributed by atoms with Crippen LogP contribution >= 0.6 is 0 Å². The molecule has 5 heteroatoms. The van der Waals surface area contributed by atoms with Crippen LogP contribution in [0.15, 0.2) is 0 Å². The second-order valence-corrected chi connectivity index (χ2v) is 5.03. The van der Waals surface area contributed by atoms with Gasteiger partial charge in [-0.15, -0.1) is 0 Å². The lowest BCUT2D eigenvalue weighted by Crippen LogP contribution is -2.47. The number of carboxylic acid groups (broad SMARTS) is 1. The molecule has 0 bridgehead atoms. The Kier molecular flexibility index (Phi) is 6.16. The van der Waals surface area contributed by atoms with Crippen molar-refractivity contribution in [3.8, 4) is 0 Å². The molecule has 1 amide bonds. The summed E-state index contributed by atoms with van der Waals surface area (Å²) in [6, 6.07) is 0. The third kappa shape index (κ3) is 4.73. The zero-order chi connectivity index (χ0) is 13.6. The molecule has 0 spiro atoms. The molecule has 5 nitrogen and oxygen atoms in total. The molecule has 1 N–H and O–H groups in total. The van der Waals surface area contributed by atoms with Crippen molar-refractivity contribution in [1.29, 1.82) is 0 Å². The van der Waals surface area contributed by atoms with Crippen LogP contribution in [0.4, 0.5) is 0 Å². The molecule has 0 aromatic carbocycles. The standard InChI is InChI=1S/C12H24N2O3/c1-6-7-14(9-8-13(4)5)10(15)12(2,3)11(16)17/h6-9H2,1-5H3,(H,16,17). The van der Waals surface area contributed by atoms with Crippen LogP contribution < -0.4 is 0 Å². The summed E-state index contributed by atoms with van der Waals surface area (Å²) in [5.41, 5.74) is -1.35. The Morgan fingerprint density at radius 2 is 1.65 bits per heavy atom. The first kappa shape index (κ1) is 15.9. The largest absolute Gasteiger partial charge is 0.480 e. The Balaban J connectivity index is 4.69. The van der Waals surface area contributed by atoms with E-state index in [1.54, 1.807) is 4.90 Å². The number of carboxylic acids is 1. The van der Waals surface area contributed by atoms with Crippen LogP contribution in [0.1, 0.15) is 27.2 Å². The molecule has 0 aromatic rings. The molecule has 0 saturated heterocycles. The van der Waals surface area contributed by atoms with Gasteiger partial charge in [0.15, 0.2) is 0 Å². The molecule has 0 atom stereocenters. The van der Waals surface area contributed by atoms with E-state index in [2.05, 4.69) is 0 Å². The highest BCUT2D eigenvalue weighted by Crippen LogP contribution is 2.19. The molecule has 17 heavy (non-hydrogen) atoms. The minimum atomic E-state index is -1.35. The second-order valence-electron chi connectivity index (χ2n) is 5.03. The van der Waals surface area contributed by atoms with E-state index in [1.165, 1.54) is 13.8 Å². The fraction of sp³-hybridized carbons (Fsp3) is 0.833. The first-order valence-corrected chi connectivity index (χ1v) is 5.91. The van der Waals surface area contributed by atoms with Gasteiger partial charge in [0.1, 0.15) is 5.41 Å². The SMILES string of the molecule is CCCN(CCN(C)C)C(=O)C(C)(C)C(=O)O. The molecule has 0 aliphatic rings. The molecule has 0 radical (unpaired) electrons. The van der Waals surface area contributed by atoms with Crippen LogP contribution in [0, 0.1) is 5.41 Å². The van der Waals surface area contributed by atoms with Crippen molar-refractivity contribution < 1.29 is 14.7 Å². The van der Waals surface area contributed by atoms with Gasteiger partial charge in [-0.2, -0.15) is 0 Å². The minimum Gasteiger partial charge on any atom is -0.480 e. The Morgan fingerprint density at radius 1 is 1.12 bits per heavy atom. The third-order valence-corrected chi connectivity index (χ3v) is 2.67. The quantitative estimate of drug-likeness (QED) is 0.676. The van der Waals surface area contributed by atoms with Gasteiger partial charge in [0, 0.05) is 19.6 Å². The third-order valence-electron chi connectivity index (χ3n) is 2.67. The first-order chi connectivity index (χ1) is 7.73. The topological polar surface area (TPSA) is 60.9 Å². The minimum absolute atomic E-state index is 0.311. The van der Waals surface area contributed by atoms with Gasteiger partial charge in [0.2, 0.25) is 5.91 Å². The number of hydrogen-bond acceptors (Lipinski definition) is 3. The highest BCUT2D eigenvalue weighted by atomic mass is 16.4. The van der Waals surface area contributed by atoms with Crippen LogP contribution in [0.25, 0.3) is 0 Å². The predicted octanol–water partition coefficient (Wildman–Crippen LogP) is 0.897. The van der Waals surface area contributed by atoms with Crippen LogP contribution in [-0.4, -0.2) is 60.5 Å². The van der Waals surface area contributed by atoms with Gasteiger partial charge in [0.25, 0.3) is 0 Å². The number of likely N-dealkylation sites (N-methyl/N-ethyl adjacent to an activating group) is 1. The molecule has 0 aromatic heterocycles. The summed E-state index contributed by atoms with van der Waals surface area (Å²) in [4.78, 5) is 26.8. The Labute approximate surface area is 103 Å². The Hall–Kier alpha value is -1.10. The van der Waals surface area contributed by atoms with Crippen molar-refractivity contribution in [3.63, 3.8) is 0 Å². The number of hydrogen-bond donors (Lipinski definition) is 1. The molecule has 100 valence electrons. The van der Waals surface area contributed by atoms with Gasteiger partial charge in [-0.1, -0.05) is 6.92 Å². The average Bonchev–Trinajstić information content (AvgIpc) is 2.22. The second kappa shape index (κ2) is 6.59. The van der Waals surface area contributed by atoms with Crippen LogP contribution in [0.5, 0.6) is 0 Å². The monoisotopic (exact) mass is 244 g/mol. The van der Waals surface area contributed by atoms with E-state index in [-0.39, 0.29) is 5.91 Å². The fourth-order valence-corrected chi connectivity index (χ4v) is 1.39. The normalized spacial score (nSPS) is 11.6. The van der Waals surface area contributed by atoms with Crippen molar-refractivity contribution >= 4 is 11.9 Å². The molecule has 0 heterocycles. The summed E-state index contributed by atoms with van der Waals surface area (Å²) in [5, 5.41) is 9.05.